The molecule has 1 aliphatic carbocycles. The third-order valence-corrected chi connectivity index (χ3v) is 10.4. The van der Waals surface area contributed by atoms with Crippen molar-refractivity contribution >= 4 is 27.5 Å². The van der Waals surface area contributed by atoms with Crippen molar-refractivity contribution in [2.24, 2.45) is 0 Å². The van der Waals surface area contributed by atoms with E-state index in [-0.39, 0.29) is 28.2 Å². The Morgan fingerprint density at radius 2 is 1.80 bits per heavy atom. The Morgan fingerprint density at radius 1 is 1.09 bits per heavy atom. The third-order valence-electron chi connectivity index (χ3n) is 8.69. The van der Waals surface area contributed by atoms with Crippen molar-refractivity contribution in [1.82, 2.24) is 10.2 Å². The van der Waals surface area contributed by atoms with Gasteiger partial charge in [0.05, 0.1) is 50.7 Å². The number of rotatable bonds is 10. The molecule has 1 spiro atoms. The molecule has 0 radical (unpaired) electrons. The van der Waals surface area contributed by atoms with Gasteiger partial charge in [-0.2, -0.15) is 0 Å². The number of amides is 2. The fourth-order valence-corrected chi connectivity index (χ4v) is 8.07. The molecule has 0 unspecified atom stereocenters. The minimum absolute atomic E-state index is 0.0134. The number of ether oxygens (including phenoxy) is 4. The molecule has 2 amide bonds. The van der Waals surface area contributed by atoms with Crippen LogP contribution in [0.2, 0.25) is 0 Å². The Bertz CT molecular complexity index is 1510. The van der Waals surface area contributed by atoms with Crippen molar-refractivity contribution in [3.8, 4) is 11.5 Å². The fraction of sp³-hybridized carbons (Fsp3) is 0.576. The van der Waals surface area contributed by atoms with E-state index in [4.69, 9.17) is 18.9 Å². The highest BCUT2D eigenvalue weighted by molar-refractivity contribution is 7.93. The molecule has 246 valence electrons. The van der Waals surface area contributed by atoms with Crippen LogP contribution in [0.15, 0.2) is 41.3 Å². The largest absolute Gasteiger partial charge is 0.495 e. The molecule has 2 aromatic carbocycles. The molecule has 2 fully saturated rings. The number of anilines is 1. The summed E-state index contributed by atoms with van der Waals surface area (Å²) >= 11 is 0. The highest BCUT2D eigenvalue weighted by Crippen LogP contribution is 2.53. The summed E-state index contributed by atoms with van der Waals surface area (Å²) in [5.74, 6) is -0.290. The number of hydrogen-bond acceptors (Lipinski definition) is 9. The van der Waals surface area contributed by atoms with E-state index in [1.807, 2.05) is 33.8 Å². The van der Waals surface area contributed by atoms with Crippen LogP contribution in [0.4, 0.5) is 5.69 Å². The summed E-state index contributed by atoms with van der Waals surface area (Å²) in [5, 5.41) is 2.87. The van der Waals surface area contributed by atoms with Gasteiger partial charge in [0.25, 0.3) is 21.8 Å². The molecule has 1 saturated heterocycles. The van der Waals surface area contributed by atoms with Crippen molar-refractivity contribution in [2.75, 3.05) is 57.5 Å². The van der Waals surface area contributed by atoms with Gasteiger partial charge in [-0.1, -0.05) is 0 Å². The molecule has 2 heterocycles. The van der Waals surface area contributed by atoms with E-state index < -0.39 is 26.9 Å². The second-order valence-electron chi connectivity index (χ2n) is 12.9. The molecular weight excluding hydrogens is 598 g/mol. The van der Waals surface area contributed by atoms with E-state index >= 15 is 0 Å². The third kappa shape index (κ3) is 6.84. The number of carbonyl (C=O) groups is 2. The standard InChI is InChI=1S/C33H45N3O8S/c1-6-43-25-8-9-27-26(22-25)33(13-11-24(12-14-33)44-20-17-35-15-18-42-19-16-35)31(38)36(27)45(39,40)29-10-7-23(21-28(29)41-5)30(37)34-32(2,3)4/h7-10,21-22,24H,6,11-20H2,1-5H3,(H,34,37)/t24-,33-. The lowest BCUT2D eigenvalue weighted by Crippen LogP contribution is -2.46. The quantitative estimate of drug-likeness (QED) is 0.411. The monoisotopic (exact) mass is 643 g/mol. The van der Waals surface area contributed by atoms with Crippen LogP contribution in [0.3, 0.4) is 0 Å². The first-order chi connectivity index (χ1) is 21.4. The molecule has 1 N–H and O–H groups in total. The molecule has 1 saturated carbocycles. The van der Waals surface area contributed by atoms with Gasteiger partial charge < -0.3 is 24.3 Å². The molecule has 3 aliphatic rings. The summed E-state index contributed by atoms with van der Waals surface area (Å²) in [4.78, 5) is 29.4. The lowest BCUT2D eigenvalue weighted by atomic mass is 9.69. The number of hydrogen-bond donors (Lipinski definition) is 1. The van der Waals surface area contributed by atoms with Crippen molar-refractivity contribution < 1.29 is 37.0 Å². The van der Waals surface area contributed by atoms with Crippen LogP contribution in [-0.2, 0) is 29.7 Å². The zero-order chi connectivity index (χ0) is 32.4. The topological polar surface area (TPSA) is 124 Å². The van der Waals surface area contributed by atoms with Gasteiger partial charge in [0, 0.05) is 30.7 Å². The summed E-state index contributed by atoms with van der Waals surface area (Å²) < 4.78 is 52.5. The predicted molar refractivity (Wildman–Crippen MR) is 170 cm³/mol. The van der Waals surface area contributed by atoms with Gasteiger partial charge in [0.2, 0.25) is 0 Å². The average Bonchev–Trinajstić information content (AvgIpc) is 3.24. The van der Waals surface area contributed by atoms with Crippen LogP contribution < -0.4 is 19.1 Å². The molecule has 2 aliphatic heterocycles. The number of methoxy groups -OCH3 is 1. The minimum atomic E-state index is -4.42. The summed E-state index contributed by atoms with van der Waals surface area (Å²) in [6.07, 6.45) is 2.14. The first kappa shape index (κ1) is 33.2. The molecule has 0 atom stereocenters. The van der Waals surface area contributed by atoms with Crippen LogP contribution in [0, 0.1) is 0 Å². The number of morpholine rings is 1. The second kappa shape index (κ2) is 13.3. The summed E-state index contributed by atoms with van der Waals surface area (Å²) in [6, 6.07) is 9.30. The number of sulfonamides is 1. The Kier molecular flexibility index (Phi) is 9.79. The van der Waals surface area contributed by atoms with Crippen LogP contribution in [0.25, 0.3) is 0 Å². The van der Waals surface area contributed by atoms with Crippen molar-refractivity contribution in [2.45, 2.75) is 75.3 Å². The number of carbonyl (C=O) groups excluding carboxylic acids is 2. The number of fused-ring (bicyclic) bond motifs is 2. The van der Waals surface area contributed by atoms with E-state index in [1.165, 1.54) is 25.3 Å². The van der Waals surface area contributed by atoms with Crippen LogP contribution >= 0.6 is 0 Å². The van der Waals surface area contributed by atoms with Gasteiger partial charge in [0.1, 0.15) is 16.4 Å². The zero-order valence-corrected chi connectivity index (χ0v) is 27.7. The predicted octanol–water partition coefficient (Wildman–Crippen LogP) is 3.89. The van der Waals surface area contributed by atoms with Crippen molar-refractivity contribution in [1.29, 1.82) is 0 Å². The summed E-state index contributed by atoms with van der Waals surface area (Å²) in [6.45, 7) is 12.6. The molecule has 0 aromatic heterocycles. The molecular formula is C33H45N3O8S. The van der Waals surface area contributed by atoms with Crippen LogP contribution in [0.1, 0.15) is 69.3 Å². The smallest absolute Gasteiger partial charge is 0.274 e. The van der Waals surface area contributed by atoms with Gasteiger partial charge in [0.15, 0.2) is 0 Å². The first-order valence-electron chi connectivity index (χ1n) is 15.7. The molecule has 5 rings (SSSR count). The summed E-state index contributed by atoms with van der Waals surface area (Å²) in [7, 11) is -3.08. The van der Waals surface area contributed by atoms with Crippen molar-refractivity contribution in [3.63, 3.8) is 0 Å². The Morgan fingerprint density at radius 3 is 2.44 bits per heavy atom. The maximum atomic E-state index is 14.4. The van der Waals surface area contributed by atoms with E-state index in [0.717, 1.165) is 37.2 Å². The Hall–Kier alpha value is -3.19. The van der Waals surface area contributed by atoms with Gasteiger partial charge in [-0.05, 0) is 95.3 Å². The minimum Gasteiger partial charge on any atom is -0.495 e. The highest BCUT2D eigenvalue weighted by Gasteiger charge is 2.56. The van der Waals surface area contributed by atoms with Crippen LogP contribution in [0.5, 0.6) is 11.5 Å². The van der Waals surface area contributed by atoms with Crippen molar-refractivity contribution in [3.05, 3.63) is 47.5 Å². The van der Waals surface area contributed by atoms with E-state index in [2.05, 4.69) is 10.2 Å². The maximum Gasteiger partial charge on any atom is 0.274 e. The lowest BCUT2D eigenvalue weighted by Gasteiger charge is -2.36. The average molecular weight is 644 g/mol. The van der Waals surface area contributed by atoms with E-state index in [9.17, 15) is 18.0 Å². The van der Waals surface area contributed by atoms with Gasteiger partial charge in [-0.25, -0.2) is 12.7 Å². The summed E-state index contributed by atoms with van der Waals surface area (Å²) in [5.41, 5.74) is -0.305. The lowest BCUT2D eigenvalue weighted by molar-refractivity contribution is -0.124. The Labute approximate surface area is 266 Å². The maximum absolute atomic E-state index is 14.4. The molecule has 11 nitrogen and oxygen atoms in total. The number of nitrogens with one attached hydrogen (secondary N) is 1. The van der Waals surface area contributed by atoms with E-state index in [0.29, 0.717) is 55.9 Å². The molecule has 45 heavy (non-hydrogen) atoms. The van der Waals surface area contributed by atoms with Gasteiger partial charge in [-0.15, -0.1) is 0 Å². The number of nitrogens with zero attached hydrogens (tertiary/aromatic N) is 2. The normalized spacial score (nSPS) is 22.4. The van der Waals surface area contributed by atoms with E-state index in [1.54, 1.807) is 12.1 Å². The zero-order valence-electron chi connectivity index (χ0n) is 26.9. The highest BCUT2D eigenvalue weighted by atomic mass is 32.2. The molecule has 0 bridgehead atoms. The molecule has 2 aromatic rings. The Balaban J connectivity index is 1.42. The van der Waals surface area contributed by atoms with Gasteiger partial charge >= 0.3 is 0 Å². The fourth-order valence-electron chi connectivity index (χ4n) is 6.43. The molecule has 12 heteroatoms. The number of benzene rings is 2. The first-order valence-corrected chi connectivity index (χ1v) is 17.1. The van der Waals surface area contributed by atoms with Crippen LogP contribution in [-0.4, -0.2) is 89.9 Å². The van der Waals surface area contributed by atoms with Gasteiger partial charge in [-0.3, -0.25) is 14.5 Å². The second-order valence-corrected chi connectivity index (χ2v) is 14.6. The SMILES string of the molecule is CCOc1ccc2c(c1)[C@]1(CC[C@@H](OCCN3CCOCC3)CC1)C(=O)N2S(=O)(=O)c1ccc(C(=O)NC(C)(C)C)cc1OC.